The summed E-state index contributed by atoms with van der Waals surface area (Å²) in [6, 6.07) is 0.400. The molecular formula is C38H76KNO2. The second kappa shape index (κ2) is 38.2. The number of carboxylic acid groups (broad SMARTS) is 1. The number of rotatable bonds is 35. The molecule has 0 saturated heterocycles. The third-order valence-corrected chi connectivity index (χ3v) is 9.27. The van der Waals surface area contributed by atoms with E-state index in [4.69, 9.17) is 0 Å². The van der Waals surface area contributed by atoms with Crippen molar-refractivity contribution >= 4 is 5.97 Å². The molecule has 0 bridgehead atoms. The molecule has 0 aliphatic heterocycles. The van der Waals surface area contributed by atoms with Crippen LogP contribution in [0.2, 0.25) is 0 Å². The SMILES string of the molecule is CCCCCCCCCCCCCCCCN(CCCCCCCCCCCCCCCC)C(CC)CCC(=O)[O-].[K+]. The Kier molecular flexibility index (Phi) is 41.2. The topological polar surface area (TPSA) is 43.4 Å². The molecule has 0 aliphatic carbocycles. The molecular weight excluding hydrogens is 542 g/mol. The molecule has 0 N–H and O–H groups in total. The first-order chi connectivity index (χ1) is 20.2. The summed E-state index contributed by atoms with van der Waals surface area (Å²) in [6.45, 7) is 9.09. The average molecular weight is 618 g/mol. The van der Waals surface area contributed by atoms with Gasteiger partial charge in [-0.1, -0.05) is 188 Å². The monoisotopic (exact) mass is 618 g/mol. The molecule has 0 aromatic rings. The predicted octanol–water partition coefficient (Wildman–Crippen LogP) is 8.56. The van der Waals surface area contributed by atoms with E-state index < -0.39 is 5.97 Å². The van der Waals surface area contributed by atoms with Gasteiger partial charge in [-0.05, 0) is 45.2 Å². The van der Waals surface area contributed by atoms with Gasteiger partial charge < -0.3 is 14.8 Å². The Hall–Kier alpha value is 1.07. The maximum absolute atomic E-state index is 11.1. The smallest absolute Gasteiger partial charge is 0.550 e. The van der Waals surface area contributed by atoms with Crippen LogP contribution in [0.4, 0.5) is 0 Å². The molecule has 246 valence electrons. The average Bonchev–Trinajstić information content (AvgIpc) is 2.97. The Morgan fingerprint density at radius 3 is 0.976 bits per heavy atom. The molecule has 0 fully saturated rings. The van der Waals surface area contributed by atoms with E-state index in [0.29, 0.717) is 6.04 Å². The summed E-state index contributed by atoms with van der Waals surface area (Å²) >= 11 is 0. The number of carboxylic acids is 1. The standard InChI is InChI=1S/C38H77NO2.K/c1-4-7-9-11-13-15-17-19-21-23-25-27-29-31-35-39(37(6-3)33-34-38(40)41)36-32-30-28-26-24-22-20-18-16-14-12-10-8-5-2;/h37H,4-36H2,1-3H3,(H,40,41);/q;+1/p-1. The number of aliphatic carboxylic acids is 1. The minimum atomic E-state index is -0.892. The van der Waals surface area contributed by atoms with E-state index in [-0.39, 0.29) is 57.8 Å². The van der Waals surface area contributed by atoms with Gasteiger partial charge in [-0.3, -0.25) is 0 Å². The zero-order chi connectivity index (χ0) is 30.1. The van der Waals surface area contributed by atoms with Gasteiger partial charge in [0, 0.05) is 12.0 Å². The zero-order valence-electron chi connectivity index (χ0n) is 29.7. The molecule has 0 radical (unpaired) electrons. The second-order valence-electron chi connectivity index (χ2n) is 13.2. The maximum Gasteiger partial charge on any atom is 1.00 e. The maximum atomic E-state index is 11.1. The van der Waals surface area contributed by atoms with Gasteiger partial charge in [-0.25, -0.2) is 0 Å². The van der Waals surface area contributed by atoms with Crippen molar-refractivity contribution in [3.63, 3.8) is 0 Å². The summed E-state index contributed by atoms with van der Waals surface area (Å²) in [4.78, 5) is 13.7. The van der Waals surface area contributed by atoms with Crippen molar-refractivity contribution in [2.45, 2.75) is 226 Å². The quantitative estimate of drug-likeness (QED) is 0.0529. The van der Waals surface area contributed by atoms with Gasteiger partial charge in [0.2, 0.25) is 0 Å². The molecule has 0 aromatic heterocycles. The third kappa shape index (κ3) is 33.9. The second-order valence-corrected chi connectivity index (χ2v) is 13.2. The normalized spacial score (nSPS) is 12.1. The Balaban J connectivity index is 0. The Labute approximate surface area is 308 Å². The molecule has 0 aliphatic rings. The first-order valence-corrected chi connectivity index (χ1v) is 19.1. The molecule has 1 unspecified atom stereocenters. The van der Waals surface area contributed by atoms with Crippen LogP contribution in [0, 0.1) is 0 Å². The first kappa shape index (κ1) is 45.2. The number of hydrogen-bond acceptors (Lipinski definition) is 3. The molecule has 0 rings (SSSR count). The van der Waals surface area contributed by atoms with E-state index in [2.05, 4.69) is 25.7 Å². The van der Waals surface area contributed by atoms with Crippen LogP contribution in [-0.4, -0.2) is 30.0 Å². The van der Waals surface area contributed by atoms with Gasteiger partial charge >= 0.3 is 51.4 Å². The van der Waals surface area contributed by atoms with Gasteiger partial charge in [0.05, 0.1) is 0 Å². The van der Waals surface area contributed by atoms with Crippen molar-refractivity contribution in [2.75, 3.05) is 13.1 Å². The van der Waals surface area contributed by atoms with E-state index >= 15 is 0 Å². The van der Waals surface area contributed by atoms with E-state index in [1.807, 2.05) is 0 Å². The van der Waals surface area contributed by atoms with Crippen LogP contribution in [0.15, 0.2) is 0 Å². The van der Waals surface area contributed by atoms with Crippen molar-refractivity contribution in [1.82, 2.24) is 4.90 Å². The van der Waals surface area contributed by atoms with Crippen LogP contribution in [0.25, 0.3) is 0 Å². The van der Waals surface area contributed by atoms with E-state index in [1.165, 1.54) is 180 Å². The number of unbranched alkanes of at least 4 members (excludes halogenated alkanes) is 26. The molecule has 1 atom stereocenters. The van der Waals surface area contributed by atoms with Crippen molar-refractivity contribution in [1.29, 1.82) is 0 Å². The fourth-order valence-electron chi connectivity index (χ4n) is 6.43. The number of carbonyl (C=O) groups excluding carboxylic acids is 1. The van der Waals surface area contributed by atoms with Crippen LogP contribution in [0.3, 0.4) is 0 Å². The summed E-state index contributed by atoms with van der Waals surface area (Å²) in [5.74, 6) is -0.892. The van der Waals surface area contributed by atoms with Gasteiger partial charge in [0.1, 0.15) is 0 Å². The summed E-state index contributed by atoms with van der Waals surface area (Å²) in [7, 11) is 0. The molecule has 0 spiro atoms. The van der Waals surface area contributed by atoms with E-state index in [0.717, 1.165) is 25.9 Å². The van der Waals surface area contributed by atoms with Crippen molar-refractivity contribution in [2.24, 2.45) is 0 Å². The van der Waals surface area contributed by atoms with E-state index in [1.54, 1.807) is 0 Å². The van der Waals surface area contributed by atoms with Gasteiger partial charge in [0.25, 0.3) is 0 Å². The Bertz CT molecular complexity index is 483. The molecule has 42 heavy (non-hydrogen) atoms. The summed E-state index contributed by atoms with van der Waals surface area (Å²) in [6.07, 6.45) is 41.1. The first-order valence-electron chi connectivity index (χ1n) is 19.1. The Morgan fingerprint density at radius 2 is 0.738 bits per heavy atom. The number of nitrogens with zero attached hydrogens (tertiary/aromatic N) is 1. The van der Waals surface area contributed by atoms with Crippen molar-refractivity contribution in [3.05, 3.63) is 0 Å². The predicted molar refractivity (Wildman–Crippen MR) is 181 cm³/mol. The van der Waals surface area contributed by atoms with Gasteiger partial charge in [-0.2, -0.15) is 0 Å². The molecule has 4 heteroatoms. The van der Waals surface area contributed by atoms with E-state index in [9.17, 15) is 9.90 Å². The summed E-state index contributed by atoms with van der Waals surface area (Å²) < 4.78 is 0. The summed E-state index contributed by atoms with van der Waals surface area (Å²) in [5.41, 5.74) is 0. The Morgan fingerprint density at radius 1 is 0.476 bits per heavy atom. The van der Waals surface area contributed by atoms with Crippen LogP contribution >= 0.6 is 0 Å². The van der Waals surface area contributed by atoms with Gasteiger partial charge in [-0.15, -0.1) is 0 Å². The van der Waals surface area contributed by atoms with Crippen molar-refractivity contribution < 1.29 is 61.3 Å². The number of carbonyl (C=O) groups is 1. The molecule has 0 heterocycles. The van der Waals surface area contributed by atoms with Crippen LogP contribution in [-0.2, 0) is 4.79 Å². The third-order valence-electron chi connectivity index (χ3n) is 9.27. The van der Waals surface area contributed by atoms with Crippen LogP contribution < -0.4 is 56.5 Å². The van der Waals surface area contributed by atoms with Crippen LogP contribution in [0.1, 0.15) is 220 Å². The largest absolute Gasteiger partial charge is 1.00 e. The molecule has 0 amide bonds. The fraction of sp³-hybridized carbons (Fsp3) is 0.974. The molecule has 0 aromatic carbocycles. The van der Waals surface area contributed by atoms with Gasteiger partial charge in [0.15, 0.2) is 0 Å². The fourth-order valence-corrected chi connectivity index (χ4v) is 6.43. The van der Waals surface area contributed by atoms with Crippen LogP contribution in [0.5, 0.6) is 0 Å². The molecule has 0 saturated carbocycles. The number of hydrogen-bond donors (Lipinski definition) is 0. The summed E-state index contributed by atoms with van der Waals surface area (Å²) in [5, 5.41) is 11.1. The van der Waals surface area contributed by atoms with Crippen molar-refractivity contribution in [3.8, 4) is 0 Å². The molecule has 3 nitrogen and oxygen atoms in total. The minimum absolute atomic E-state index is 0. The zero-order valence-corrected chi connectivity index (χ0v) is 32.8. The minimum Gasteiger partial charge on any atom is -0.550 e.